The highest BCUT2D eigenvalue weighted by atomic mass is 19.1. The van der Waals surface area contributed by atoms with Crippen LogP contribution in [0.5, 0.6) is 5.75 Å². The van der Waals surface area contributed by atoms with E-state index in [-0.39, 0.29) is 17.7 Å². The van der Waals surface area contributed by atoms with Gasteiger partial charge < -0.3 is 19.7 Å². The number of ether oxygens (including phenoxy) is 2. The zero-order valence-corrected chi connectivity index (χ0v) is 23.9. The van der Waals surface area contributed by atoms with Crippen LogP contribution in [0.2, 0.25) is 0 Å². The molecule has 3 aromatic rings. The van der Waals surface area contributed by atoms with Crippen molar-refractivity contribution in [1.29, 1.82) is 0 Å². The van der Waals surface area contributed by atoms with Crippen LogP contribution in [0.25, 0.3) is 6.08 Å². The number of nitrogens with zero attached hydrogens (tertiary/aromatic N) is 2. The third-order valence-corrected chi connectivity index (χ3v) is 6.66. The Hall–Kier alpha value is -4.38. The van der Waals surface area contributed by atoms with E-state index < -0.39 is 11.9 Å². The summed E-state index contributed by atoms with van der Waals surface area (Å²) in [5.41, 5.74) is 2.87. The maximum atomic E-state index is 13.4. The topological polar surface area (TPSA) is 99.5 Å². The molecule has 0 saturated carbocycles. The highest BCUT2D eigenvalue weighted by Gasteiger charge is 2.18. The molecule has 1 heterocycles. The number of carboxylic acid groups (broad SMARTS) is 2. The van der Waals surface area contributed by atoms with E-state index in [0.717, 1.165) is 56.1 Å². The van der Waals surface area contributed by atoms with Crippen LogP contribution in [-0.4, -0.2) is 84.9 Å². The van der Waals surface area contributed by atoms with Gasteiger partial charge in [0.25, 0.3) is 0 Å². The molecular formula is C33H36F2N2O6. The number of methoxy groups -OCH3 is 1. The van der Waals surface area contributed by atoms with Crippen molar-refractivity contribution in [3.05, 3.63) is 119 Å². The molecule has 1 fully saturated rings. The van der Waals surface area contributed by atoms with Gasteiger partial charge in [-0.25, -0.2) is 18.4 Å². The average molecular weight is 595 g/mol. The normalized spacial score (nSPS) is 14.1. The first-order chi connectivity index (χ1) is 20.7. The third-order valence-electron chi connectivity index (χ3n) is 6.66. The highest BCUT2D eigenvalue weighted by molar-refractivity contribution is 5.89. The van der Waals surface area contributed by atoms with Crippen molar-refractivity contribution in [2.75, 3.05) is 53.0 Å². The zero-order valence-electron chi connectivity index (χ0n) is 23.9. The number of hydrogen-bond acceptors (Lipinski definition) is 6. The second kappa shape index (κ2) is 17.5. The van der Waals surface area contributed by atoms with Crippen molar-refractivity contribution >= 4 is 18.0 Å². The van der Waals surface area contributed by atoms with Crippen LogP contribution in [0.3, 0.4) is 0 Å². The molecule has 0 aliphatic carbocycles. The van der Waals surface area contributed by atoms with Crippen LogP contribution in [0, 0.1) is 11.6 Å². The van der Waals surface area contributed by atoms with E-state index >= 15 is 0 Å². The van der Waals surface area contributed by atoms with E-state index in [0.29, 0.717) is 18.8 Å². The molecule has 2 N–H and O–H groups in total. The average Bonchev–Trinajstić information content (AvgIpc) is 3.01. The number of benzene rings is 3. The summed E-state index contributed by atoms with van der Waals surface area (Å²) in [5.74, 6) is -2.23. The first-order valence-electron chi connectivity index (χ1n) is 13.7. The number of halogens is 2. The maximum Gasteiger partial charge on any atom is 0.328 e. The summed E-state index contributed by atoms with van der Waals surface area (Å²) in [6, 6.07) is 20.7. The Balaban J connectivity index is 0.000000557. The van der Waals surface area contributed by atoms with Gasteiger partial charge in [0.1, 0.15) is 23.5 Å². The Bertz CT molecular complexity index is 1280. The lowest BCUT2D eigenvalue weighted by Crippen LogP contribution is -2.47. The SMILES string of the molecule is COc1ccc(C=CCN2CCN(CCOC(c3ccc(F)cc3)c3ccc(F)cc3)CC2)cc1.O=C(O)C=CC(=O)O. The number of carbonyl (C=O) groups is 2. The van der Waals surface area contributed by atoms with Crippen LogP contribution < -0.4 is 4.74 Å². The number of piperazine rings is 1. The minimum absolute atomic E-state index is 0.289. The second-order valence-corrected chi connectivity index (χ2v) is 9.68. The van der Waals surface area contributed by atoms with Crippen molar-refractivity contribution < 1.29 is 38.1 Å². The molecule has 43 heavy (non-hydrogen) atoms. The van der Waals surface area contributed by atoms with Gasteiger partial charge in [0.15, 0.2) is 0 Å². The lowest BCUT2D eigenvalue weighted by Gasteiger charge is -2.34. The van der Waals surface area contributed by atoms with Gasteiger partial charge in [0.05, 0.1) is 13.7 Å². The summed E-state index contributed by atoms with van der Waals surface area (Å²) in [6.45, 7) is 6.26. The Labute approximate surface area is 250 Å². The van der Waals surface area contributed by atoms with Gasteiger partial charge in [0.2, 0.25) is 0 Å². The number of aliphatic carboxylic acids is 2. The lowest BCUT2D eigenvalue weighted by molar-refractivity contribution is -0.134. The van der Waals surface area contributed by atoms with Crippen LogP contribution in [-0.2, 0) is 14.3 Å². The monoisotopic (exact) mass is 594 g/mol. The fourth-order valence-corrected chi connectivity index (χ4v) is 4.35. The smallest absolute Gasteiger partial charge is 0.328 e. The molecule has 0 unspecified atom stereocenters. The Kier molecular flexibility index (Phi) is 13.5. The molecule has 8 nitrogen and oxygen atoms in total. The Morgan fingerprint density at radius 3 is 1.74 bits per heavy atom. The molecule has 0 atom stereocenters. The molecule has 1 saturated heterocycles. The van der Waals surface area contributed by atoms with E-state index in [1.54, 1.807) is 31.4 Å². The van der Waals surface area contributed by atoms with E-state index in [2.05, 4.69) is 34.1 Å². The molecule has 3 aromatic carbocycles. The minimum Gasteiger partial charge on any atom is -0.497 e. The van der Waals surface area contributed by atoms with E-state index in [4.69, 9.17) is 19.7 Å². The Morgan fingerprint density at radius 2 is 1.28 bits per heavy atom. The summed E-state index contributed by atoms with van der Waals surface area (Å²) >= 11 is 0. The quantitative estimate of drug-likeness (QED) is 0.279. The minimum atomic E-state index is -1.26. The van der Waals surface area contributed by atoms with Gasteiger partial charge in [-0.3, -0.25) is 9.80 Å². The fourth-order valence-electron chi connectivity index (χ4n) is 4.35. The van der Waals surface area contributed by atoms with Gasteiger partial charge in [-0.1, -0.05) is 48.6 Å². The van der Waals surface area contributed by atoms with Gasteiger partial charge in [-0.15, -0.1) is 0 Å². The van der Waals surface area contributed by atoms with Gasteiger partial charge >= 0.3 is 11.9 Å². The van der Waals surface area contributed by atoms with Crippen LogP contribution >= 0.6 is 0 Å². The summed E-state index contributed by atoms with van der Waals surface area (Å²) in [7, 11) is 1.67. The molecule has 0 radical (unpaired) electrons. The van der Waals surface area contributed by atoms with E-state index in [9.17, 15) is 18.4 Å². The first-order valence-corrected chi connectivity index (χ1v) is 13.7. The van der Waals surface area contributed by atoms with E-state index in [1.165, 1.54) is 29.8 Å². The molecule has 0 amide bonds. The summed E-state index contributed by atoms with van der Waals surface area (Å²) in [5, 5.41) is 15.6. The van der Waals surface area contributed by atoms with Crippen molar-refractivity contribution in [1.82, 2.24) is 9.80 Å². The second-order valence-electron chi connectivity index (χ2n) is 9.68. The summed E-state index contributed by atoms with van der Waals surface area (Å²) in [6.07, 6.45) is 5.10. The number of rotatable bonds is 12. The van der Waals surface area contributed by atoms with Gasteiger partial charge in [0, 0.05) is 51.4 Å². The molecule has 0 bridgehead atoms. The molecule has 0 aromatic heterocycles. The molecule has 4 rings (SSSR count). The van der Waals surface area contributed by atoms with Crippen molar-refractivity contribution in [3.63, 3.8) is 0 Å². The highest BCUT2D eigenvalue weighted by Crippen LogP contribution is 2.26. The van der Waals surface area contributed by atoms with Crippen molar-refractivity contribution in [2.45, 2.75) is 6.10 Å². The first kappa shape index (κ1) is 33.1. The van der Waals surface area contributed by atoms with Crippen LogP contribution in [0.4, 0.5) is 8.78 Å². The van der Waals surface area contributed by atoms with Gasteiger partial charge in [-0.2, -0.15) is 0 Å². The third kappa shape index (κ3) is 12.2. The fraction of sp³-hybridized carbons (Fsp3) is 0.273. The number of carboxylic acids is 2. The van der Waals surface area contributed by atoms with Crippen LogP contribution in [0.1, 0.15) is 22.8 Å². The summed E-state index contributed by atoms with van der Waals surface area (Å²) in [4.78, 5) is 23.9. The largest absolute Gasteiger partial charge is 0.497 e. The molecule has 1 aliphatic heterocycles. The molecule has 1 aliphatic rings. The predicted molar refractivity (Wildman–Crippen MR) is 160 cm³/mol. The van der Waals surface area contributed by atoms with Crippen molar-refractivity contribution in [2.24, 2.45) is 0 Å². The van der Waals surface area contributed by atoms with Crippen LogP contribution in [0.15, 0.2) is 91.0 Å². The molecule has 0 spiro atoms. The molecule has 10 heteroatoms. The van der Waals surface area contributed by atoms with Crippen molar-refractivity contribution in [3.8, 4) is 5.75 Å². The van der Waals surface area contributed by atoms with Gasteiger partial charge in [-0.05, 0) is 53.1 Å². The number of hydrogen-bond donors (Lipinski definition) is 2. The Morgan fingerprint density at radius 1 is 0.791 bits per heavy atom. The standard InChI is InChI=1S/C29H32F2N2O2.C4H4O4/c1-34-28-14-4-23(5-15-28)3-2-16-32-17-19-33(20-18-32)21-22-35-29(24-6-10-26(30)11-7-24)25-8-12-27(31)13-9-25;5-3(6)1-2-4(7)8/h2-15,29H,16-22H2,1H3;1-2H,(H,5,6)(H,7,8). The molecule has 228 valence electrons. The maximum absolute atomic E-state index is 13.4. The summed E-state index contributed by atoms with van der Waals surface area (Å²) < 4.78 is 38.3. The molecular weight excluding hydrogens is 558 g/mol. The van der Waals surface area contributed by atoms with E-state index in [1.807, 2.05) is 12.1 Å². The zero-order chi connectivity index (χ0) is 31.0. The lowest BCUT2D eigenvalue weighted by atomic mass is 10.0. The predicted octanol–water partition coefficient (Wildman–Crippen LogP) is 5.12.